The summed E-state index contributed by atoms with van der Waals surface area (Å²) in [5.41, 5.74) is 0.258. The third-order valence-corrected chi connectivity index (χ3v) is 5.10. The Morgan fingerprint density at radius 3 is 2.73 bits per heavy atom. The molecule has 2 heterocycles. The highest BCUT2D eigenvalue weighted by atomic mass is 35.5. The van der Waals surface area contributed by atoms with Gasteiger partial charge >= 0.3 is 0 Å². The molecule has 134 valence electrons. The van der Waals surface area contributed by atoms with Gasteiger partial charge in [-0.2, -0.15) is 4.98 Å². The van der Waals surface area contributed by atoms with Crippen molar-refractivity contribution in [2.45, 2.75) is 26.3 Å². The molecule has 26 heavy (non-hydrogen) atoms. The SMILES string of the molecule is Cc1nc(C(C)(C)NC(=O)/C=C/c2ccc(-c3ccccc3Cl)s2)no1. The Hall–Kier alpha value is -2.44. The lowest BCUT2D eigenvalue weighted by molar-refractivity contribution is -0.118. The number of aromatic nitrogens is 2. The molecular weight excluding hydrogens is 370 g/mol. The molecule has 0 saturated heterocycles. The van der Waals surface area contributed by atoms with Gasteiger partial charge in [-0.1, -0.05) is 35.0 Å². The quantitative estimate of drug-likeness (QED) is 0.637. The molecule has 2 aromatic heterocycles. The lowest BCUT2D eigenvalue weighted by atomic mass is 10.1. The number of nitrogens with zero attached hydrogens (tertiary/aromatic N) is 2. The third kappa shape index (κ3) is 4.20. The summed E-state index contributed by atoms with van der Waals surface area (Å²) in [6.07, 6.45) is 3.27. The summed E-state index contributed by atoms with van der Waals surface area (Å²) in [5, 5.41) is 7.45. The molecule has 0 fully saturated rings. The van der Waals surface area contributed by atoms with Crippen LogP contribution in [0.3, 0.4) is 0 Å². The number of hydrogen-bond donors (Lipinski definition) is 1. The van der Waals surface area contributed by atoms with Gasteiger partial charge in [0.1, 0.15) is 0 Å². The molecule has 0 spiro atoms. The molecule has 3 aromatic rings. The maximum atomic E-state index is 12.2. The molecule has 0 saturated carbocycles. The minimum atomic E-state index is -0.725. The van der Waals surface area contributed by atoms with Crippen molar-refractivity contribution in [2.75, 3.05) is 0 Å². The molecule has 0 atom stereocenters. The zero-order valence-corrected chi connectivity index (χ0v) is 16.2. The van der Waals surface area contributed by atoms with Crippen molar-refractivity contribution in [1.29, 1.82) is 0 Å². The molecule has 1 aromatic carbocycles. The van der Waals surface area contributed by atoms with E-state index in [0.717, 1.165) is 15.3 Å². The van der Waals surface area contributed by atoms with Gasteiger partial charge in [-0.3, -0.25) is 4.79 Å². The van der Waals surface area contributed by atoms with Crippen LogP contribution in [-0.4, -0.2) is 16.0 Å². The molecular formula is C19H18ClN3O2S. The van der Waals surface area contributed by atoms with E-state index in [1.807, 2.05) is 50.2 Å². The van der Waals surface area contributed by atoms with Crippen LogP contribution in [0.2, 0.25) is 5.02 Å². The van der Waals surface area contributed by atoms with Crippen molar-refractivity contribution >= 4 is 34.9 Å². The fraction of sp³-hybridized carbons (Fsp3) is 0.211. The van der Waals surface area contributed by atoms with Gasteiger partial charge in [0, 0.05) is 33.3 Å². The van der Waals surface area contributed by atoms with Crippen molar-refractivity contribution < 1.29 is 9.32 Å². The highest BCUT2D eigenvalue weighted by Crippen LogP contribution is 2.33. The lowest BCUT2D eigenvalue weighted by Crippen LogP contribution is -2.41. The van der Waals surface area contributed by atoms with Gasteiger partial charge in [-0.05, 0) is 38.1 Å². The van der Waals surface area contributed by atoms with Crippen LogP contribution in [0.25, 0.3) is 16.5 Å². The van der Waals surface area contributed by atoms with Crippen LogP contribution in [0.15, 0.2) is 47.0 Å². The normalized spacial score (nSPS) is 11.8. The summed E-state index contributed by atoms with van der Waals surface area (Å²) in [6.45, 7) is 5.36. The van der Waals surface area contributed by atoms with Crippen molar-refractivity contribution in [3.8, 4) is 10.4 Å². The van der Waals surface area contributed by atoms with Crippen LogP contribution in [0.5, 0.6) is 0 Å². The highest BCUT2D eigenvalue weighted by Gasteiger charge is 2.27. The first-order valence-electron chi connectivity index (χ1n) is 8.01. The summed E-state index contributed by atoms with van der Waals surface area (Å²) in [4.78, 5) is 18.4. The number of nitrogens with one attached hydrogen (secondary N) is 1. The predicted octanol–water partition coefficient (Wildman–Crippen LogP) is 4.82. The second kappa shape index (κ2) is 7.43. The standard InChI is InChI=1S/C19H18ClN3O2S/c1-12-21-18(23-25-12)19(2,3)22-17(24)11-9-13-8-10-16(26-13)14-6-4-5-7-15(14)20/h4-11H,1-3H3,(H,22,24)/b11-9+. The summed E-state index contributed by atoms with van der Waals surface area (Å²) < 4.78 is 4.98. The maximum Gasteiger partial charge on any atom is 0.244 e. The Bertz CT molecular complexity index is 959. The van der Waals surface area contributed by atoms with Crippen molar-refractivity contribution in [3.63, 3.8) is 0 Å². The van der Waals surface area contributed by atoms with Crippen molar-refractivity contribution in [3.05, 3.63) is 64.1 Å². The number of halogens is 1. The number of carbonyl (C=O) groups excluding carboxylic acids is 1. The molecule has 0 aliphatic rings. The summed E-state index contributed by atoms with van der Waals surface area (Å²) in [6, 6.07) is 11.6. The highest BCUT2D eigenvalue weighted by molar-refractivity contribution is 7.16. The smallest absolute Gasteiger partial charge is 0.244 e. The zero-order chi connectivity index (χ0) is 18.7. The molecule has 5 nitrogen and oxygen atoms in total. The average Bonchev–Trinajstić information content (AvgIpc) is 3.22. The zero-order valence-electron chi connectivity index (χ0n) is 14.6. The molecule has 0 bridgehead atoms. The van der Waals surface area contributed by atoms with E-state index < -0.39 is 5.54 Å². The van der Waals surface area contributed by atoms with E-state index in [-0.39, 0.29) is 5.91 Å². The Kier molecular flexibility index (Phi) is 5.25. The number of carbonyl (C=O) groups is 1. The fourth-order valence-corrected chi connectivity index (χ4v) is 3.61. The first kappa shape index (κ1) is 18.4. The van der Waals surface area contributed by atoms with E-state index in [2.05, 4.69) is 15.5 Å². The fourth-order valence-electron chi connectivity index (χ4n) is 2.36. The van der Waals surface area contributed by atoms with E-state index in [1.165, 1.54) is 6.08 Å². The van der Waals surface area contributed by atoms with Crippen molar-refractivity contribution in [2.24, 2.45) is 0 Å². The van der Waals surface area contributed by atoms with E-state index in [1.54, 1.807) is 24.3 Å². The topological polar surface area (TPSA) is 68.0 Å². The van der Waals surface area contributed by atoms with Crippen LogP contribution in [0.4, 0.5) is 0 Å². The molecule has 1 N–H and O–H groups in total. The average molecular weight is 388 g/mol. The van der Waals surface area contributed by atoms with E-state index in [9.17, 15) is 4.79 Å². The molecule has 3 rings (SSSR count). The second-order valence-electron chi connectivity index (χ2n) is 6.27. The third-order valence-electron chi connectivity index (χ3n) is 3.69. The van der Waals surface area contributed by atoms with Crippen LogP contribution < -0.4 is 5.32 Å². The van der Waals surface area contributed by atoms with E-state index >= 15 is 0 Å². The minimum absolute atomic E-state index is 0.231. The van der Waals surface area contributed by atoms with Gasteiger partial charge in [0.2, 0.25) is 11.8 Å². The molecule has 0 unspecified atom stereocenters. The number of hydrogen-bond acceptors (Lipinski definition) is 5. The molecule has 7 heteroatoms. The van der Waals surface area contributed by atoms with Crippen LogP contribution in [-0.2, 0) is 10.3 Å². The number of rotatable bonds is 5. The van der Waals surface area contributed by atoms with Gasteiger partial charge in [-0.15, -0.1) is 11.3 Å². The summed E-state index contributed by atoms with van der Waals surface area (Å²) in [7, 11) is 0. The molecule has 0 radical (unpaired) electrons. The molecule has 1 amide bonds. The second-order valence-corrected chi connectivity index (χ2v) is 7.79. The van der Waals surface area contributed by atoms with Gasteiger partial charge < -0.3 is 9.84 Å². The predicted molar refractivity (Wildman–Crippen MR) is 104 cm³/mol. The Morgan fingerprint density at radius 1 is 1.27 bits per heavy atom. The number of amides is 1. The van der Waals surface area contributed by atoms with E-state index in [0.29, 0.717) is 16.7 Å². The van der Waals surface area contributed by atoms with Gasteiger partial charge in [0.15, 0.2) is 5.82 Å². The largest absolute Gasteiger partial charge is 0.340 e. The van der Waals surface area contributed by atoms with Crippen molar-refractivity contribution in [1.82, 2.24) is 15.5 Å². The first-order chi connectivity index (χ1) is 12.3. The lowest BCUT2D eigenvalue weighted by Gasteiger charge is -2.21. The Labute approximate surface area is 160 Å². The summed E-state index contributed by atoms with van der Waals surface area (Å²) >= 11 is 7.80. The number of thiophene rings is 1. The Morgan fingerprint density at radius 2 is 2.04 bits per heavy atom. The van der Waals surface area contributed by atoms with Gasteiger partial charge in [0.25, 0.3) is 0 Å². The molecule has 0 aliphatic heterocycles. The number of benzene rings is 1. The summed E-state index contributed by atoms with van der Waals surface area (Å²) in [5.74, 6) is 0.669. The minimum Gasteiger partial charge on any atom is -0.340 e. The monoisotopic (exact) mass is 387 g/mol. The maximum absolute atomic E-state index is 12.2. The van der Waals surface area contributed by atoms with Crippen LogP contribution >= 0.6 is 22.9 Å². The number of aryl methyl sites for hydroxylation is 1. The molecule has 0 aliphatic carbocycles. The van der Waals surface area contributed by atoms with Crippen LogP contribution in [0.1, 0.15) is 30.4 Å². The van der Waals surface area contributed by atoms with Crippen LogP contribution in [0, 0.1) is 6.92 Å². The Balaban J connectivity index is 1.68. The van der Waals surface area contributed by atoms with Gasteiger partial charge in [0.05, 0.1) is 5.54 Å². The van der Waals surface area contributed by atoms with E-state index in [4.69, 9.17) is 16.1 Å². The first-order valence-corrected chi connectivity index (χ1v) is 9.20. The van der Waals surface area contributed by atoms with Gasteiger partial charge in [-0.25, -0.2) is 0 Å².